The Bertz CT molecular complexity index is 855. The Kier molecular flexibility index (Phi) is 6.13. The van der Waals surface area contributed by atoms with Crippen LogP contribution < -0.4 is 10.6 Å². The quantitative estimate of drug-likeness (QED) is 0.745. The van der Waals surface area contributed by atoms with Crippen LogP contribution in [0.25, 0.3) is 0 Å². The minimum absolute atomic E-state index is 0.245. The molecule has 0 bridgehead atoms. The molecule has 3 aliphatic rings. The van der Waals surface area contributed by atoms with Crippen molar-refractivity contribution in [2.45, 2.75) is 31.7 Å². The van der Waals surface area contributed by atoms with Crippen molar-refractivity contribution in [3.05, 3.63) is 48.2 Å². The number of carbonyl (C=O) groups is 1. The van der Waals surface area contributed by atoms with E-state index in [0.29, 0.717) is 11.7 Å². The average molecular weight is 422 g/mol. The van der Waals surface area contributed by atoms with Crippen LogP contribution in [0.15, 0.2) is 42.5 Å². The molecule has 1 aliphatic carbocycles. The van der Waals surface area contributed by atoms with Gasteiger partial charge in [0.1, 0.15) is 5.82 Å². The largest absolute Gasteiger partial charge is 0.381 e. The van der Waals surface area contributed by atoms with E-state index in [2.05, 4.69) is 25.7 Å². The molecule has 2 saturated heterocycles. The lowest BCUT2D eigenvalue weighted by Gasteiger charge is -2.27. The summed E-state index contributed by atoms with van der Waals surface area (Å²) in [4.78, 5) is 15.0. The van der Waals surface area contributed by atoms with Crippen molar-refractivity contribution in [2.75, 3.05) is 43.5 Å². The van der Waals surface area contributed by atoms with E-state index in [9.17, 15) is 4.79 Å². The Labute approximate surface area is 183 Å². The van der Waals surface area contributed by atoms with Crippen molar-refractivity contribution < 1.29 is 9.53 Å². The maximum Gasteiger partial charge on any atom is 0.276 e. The smallest absolute Gasteiger partial charge is 0.276 e. The second kappa shape index (κ2) is 9.32. The fraction of sp³-hybridized carbons (Fsp3) is 0.542. The van der Waals surface area contributed by atoms with Gasteiger partial charge in [0.15, 0.2) is 5.69 Å². The molecular weight excluding hydrogens is 390 g/mol. The molecule has 3 atom stereocenters. The lowest BCUT2D eigenvalue weighted by molar-refractivity contribution is 0.0545. The van der Waals surface area contributed by atoms with Gasteiger partial charge in [0, 0.05) is 44.6 Å². The zero-order valence-electron chi connectivity index (χ0n) is 17.9. The van der Waals surface area contributed by atoms with E-state index in [0.717, 1.165) is 42.5 Å². The lowest BCUT2D eigenvalue weighted by atomic mass is 10.00. The van der Waals surface area contributed by atoms with E-state index in [4.69, 9.17) is 4.74 Å². The highest BCUT2D eigenvalue weighted by atomic mass is 16.5. The summed E-state index contributed by atoms with van der Waals surface area (Å²) in [6.45, 7) is 5.57. The van der Waals surface area contributed by atoms with Crippen molar-refractivity contribution in [3.63, 3.8) is 0 Å². The molecule has 31 heavy (non-hydrogen) atoms. The van der Waals surface area contributed by atoms with Crippen molar-refractivity contribution in [1.29, 1.82) is 0 Å². The summed E-state index contributed by atoms with van der Waals surface area (Å²) in [6.07, 6.45) is 4.81. The summed E-state index contributed by atoms with van der Waals surface area (Å²) >= 11 is 0. The third-order valence-electron chi connectivity index (χ3n) is 6.96. The number of benzene rings is 1. The van der Waals surface area contributed by atoms with Crippen LogP contribution >= 0.6 is 0 Å². The topological polar surface area (TPSA) is 79.4 Å². The summed E-state index contributed by atoms with van der Waals surface area (Å²) < 4.78 is 5.50. The predicted octanol–water partition coefficient (Wildman–Crippen LogP) is 3.28. The predicted molar refractivity (Wildman–Crippen MR) is 120 cm³/mol. The minimum atomic E-state index is -0.245. The van der Waals surface area contributed by atoms with Crippen LogP contribution in [0.3, 0.4) is 0 Å². The number of ether oxygens (including phenoxy) is 1. The molecule has 1 saturated carbocycles. The van der Waals surface area contributed by atoms with Gasteiger partial charge in [0.25, 0.3) is 5.91 Å². The Morgan fingerprint density at radius 2 is 1.74 bits per heavy atom. The maximum absolute atomic E-state index is 12.3. The normalized spacial score (nSPS) is 26.5. The van der Waals surface area contributed by atoms with Crippen LogP contribution in [0.1, 0.15) is 36.2 Å². The Morgan fingerprint density at radius 1 is 1.00 bits per heavy atom. The molecule has 2 aromatic rings. The number of para-hydroxylation sites is 1. The zero-order valence-corrected chi connectivity index (χ0v) is 17.9. The molecule has 0 spiro atoms. The van der Waals surface area contributed by atoms with Gasteiger partial charge in [0.2, 0.25) is 0 Å². The highest BCUT2D eigenvalue weighted by Gasteiger charge is 2.41. The van der Waals surface area contributed by atoms with Crippen molar-refractivity contribution in [2.24, 2.45) is 17.8 Å². The molecule has 0 radical (unpaired) electrons. The van der Waals surface area contributed by atoms with E-state index < -0.39 is 0 Å². The monoisotopic (exact) mass is 421 g/mol. The molecule has 2 aliphatic heterocycles. The second-order valence-electron chi connectivity index (χ2n) is 9.23. The molecule has 1 amide bonds. The minimum Gasteiger partial charge on any atom is -0.381 e. The third-order valence-corrected chi connectivity index (χ3v) is 6.96. The van der Waals surface area contributed by atoms with Gasteiger partial charge in [-0.3, -0.25) is 4.79 Å². The Balaban J connectivity index is 1.09. The number of likely N-dealkylation sites (tertiary alicyclic amines) is 1. The number of nitrogens with one attached hydrogen (secondary N) is 2. The van der Waals surface area contributed by atoms with E-state index in [1.165, 1.54) is 45.3 Å². The molecule has 3 heterocycles. The maximum atomic E-state index is 12.3. The van der Waals surface area contributed by atoms with Gasteiger partial charge in [-0.25, -0.2) is 0 Å². The van der Waals surface area contributed by atoms with Crippen molar-refractivity contribution >= 4 is 17.4 Å². The third kappa shape index (κ3) is 5.05. The molecule has 164 valence electrons. The highest BCUT2D eigenvalue weighted by Crippen LogP contribution is 2.39. The first-order valence-corrected chi connectivity index (χ1v) is 11.5. The number of anilines is 2. The molecule has 7 heteroatoms. The molecule has 1 aromatic heterocycles. The first kappa shape index (κ1) is 20.4. The van der Waals surface area contributed by atoms with Crippen LogP contribution in [0, 0.1) is 17.8 Å². The number of carbonyl (C=O) groups excluding carboxylic acids is 1. The molecule has 7 nitrogen and oxygen atoms in total. The summed E-state index contributed by atoms with van der Waals surface area (Å²) in [5.74, 6) is 2.88. The number of rotatable bonds is 6. The van der Waals surface area contributed by atoms with Crippen LogP contribution in [0.5, 0.6) is 0 Å². The lowest BCUT2D eigenvalue weighted by Crippen LogP contribution is -2.32. The first-order chi connectivity index (χ1) is 15.2. The van der Waals surface area contributed by atoms with E-state index >= 15 is 0 Å². The van der Waals surface area contributed by atoms with Crippen LogP contribution in [0.4, 0.5) is 11.5 Å². The van der Waals surface area contributed by atoms with E-state index in [1.54, 1.807) is 6.07 Å². The SMILES string of the molecule is O=C(Nc1ccccc1)c1ccc(NC2C[C@@H]3CN(CC4CCOCC4)C[C@@H]3C2)nn1. The molecule has 1 aromatic carbocycles. The van der Waals surface area contributed by atoms with Gasteiger partial charge in [-0.1, -0.05) is 18.2 Å². The van der Waals surface area contributed by atoms with Gasteiger partial charge in [-0.15, -0.1) is 10.2 Å². The fourth-order valence-corrected chi connectivity index (χ4v) is 5.41. The van der Waals surface area contributed by atoms with E-state index in [-0.39, 0.29) is 5.91 Å². The highest BCUT2D eigenvalue weighted by molar-refractivity contribution is 6.02. The molecular formula is C24H31N5O2. The van der Waals surface area contributed by atoms with Gasteiger partial charge in [0.05, 0.1) is 0 Å². The number of hydrogen-bond acceptors (Lipinski definition) is 6. The Morgan fingerprint density at radius 3 is 2.42 bits per heavy atom. The van der Waals surface area contributed by atoms with Crippen LogP contribution in [0.2, 0.25) is 0 Å². The summed E-state index contributed by atoms with van der Waals surface area (Å²) in [5, 5.41) is 14.7. The molecule has 5 rings (SSSR count). The molecule has 3 fully saturated rings. The average Bonchev–Trinajstić information content (AvgIpc) is 3.33. The summed E-state index contributed by atoms with van der Waals surface area (Å²) in [5.41, 5.74) is 1.07. The first-order valence-electron chi connectivity index (χ1n) is 11.5. The van der Waals surface area contributed by atoms with Gasteiger partial charge in [-0.2, -0.15) is 0 Å². The van der Waals surface area contributed by atoms with Crippen molar-refractivity contribution in [3.8, 4) is 0 Å². The van der Waals surface area contributed by atoms with Crippen LogP contribution in [-0.2, 0) is 4.74 Å². The van der Waals surface area contributed by atoms with Gasteiger partial charge < -0.3 is 20.3 Å². The number of amides is 1. The standard InChI is InChI=1S/C24H31N5O2/c30-24(26-20-4-2-1-3-5-20)22-6-7-23(28-27-22)25-21-12-18-15-29(16-19(18)13-21)14-17-8-10-31-11-9-17/h1-7,17-19,21H,8-16H2,(H,25,28)(H,26,30)/t18-,19+,21?. The van der Waals surface area contributed by atoms with Crippen LogP contribution in [-0.4, -0.2) is 59.9 Å². The molecule has 1 unspecified atom stereocenters. The molecule has 2 N–H and O–H groups in total. The Hall–Kier alpha value is -2.51. The number of fused-ring (bicyclic) bond motifs is 1. The fourth-order valence-electron chi connectivity index (χ4n) is 5.41. The summed E-state index contributed by atoms with van der Waals surface area (Å²) in [6, 6.07) is 13.4. The van der Waals surface area contributed by atoms with Gasteiger partial charge in [-0.05, 0) is 67.7 Å². The number of aromatic nitrogens is 2. The van der Waals surface area contributed by atoms with E-state index in [1.807, 2.05) is 36.4 Å². The second-order valence-corrected chi connectivity index (χ2v) is 9.23. The number of hydrogen-bond donors (Lipinski definition) is 2. The van der Waals surface area contributed by atoms with Crippen molar-refractivity contribution in [1.82, 2.24) is 15.1 Å². The van der Waals surface area contributed by atoms with Gasteiger partial charge >= 0.3 is 0 Å². The number of nitrogens with zero attached hydrogens (tertiary/aromatic N) is 3. The summed E-state index contributed by atoms with van der Waals surface area (Å²) in [7, 11) is 0. The zero-order chi connectivity index (χ0) is 21.0.